The van der Waals surface area contributed by atoms with E-state index in [1.165, 1.54) is 32.4 Å². The summed E-state index contributed by atoms with van der Waals surface area (Å²) >= 11 is 3.82. The Hall–Kier alpha value is -3.09. The van der Waals surface area contributed by atoms with Crippen LogP contribution in [0.2, 0.25) is 0 Å². The van der Waals surface area contributed by atoms with Gasteiger partial charge in [0.25, 0.3) is 10.0 Å². The predicted molar refractivity (Wildman–Crippen MR) is 126 cm³/mol. The number of hydrogen-bond donors (Lipinski definition) is 3. The summed E-state index contributed by atoms with van der Waals surface area (Å²) in [7, 11) is -1.53. The molecular weight excluding hydrogens is 468 g/mol. The molecule has 2 aromatic rings. The van der Waals surface area contributed by atoms with Crippen LogP contribution in [0.25, 0.3) is 6.08 Å². The molecule has 3 amide bonds. The highest BCUT2D eigenvalue weighted by Crippen LogP contribution is 2.29. The predicted octanol–water partition coefficient (Wildman–Crippen LogP) is 1.65. The lowest BCUT2D eigenvalue weighted by atomic mass is 10.1. The average molecular weight is 495 g/mol. The van der Waals surface area contributed by atoms with Crippen molar-refractivity contribution in [2.24, 2.45) is 0 Å². The molecule has 1 aromatic carbocycles. The van der Waals surface area contributed by atoms with E-state index < -0.39 is 16.1 Å². The number of amides is 3. The van der Waals surface area contributed by atoms with Crippen LogP contribution in [0.1, 0.15) is 11.3 Å². The number of carbonyl (C=O) groups is 2. The number of methoxy groups -OCH3 is 1. The Kier molecular flexibility index (Phi) is 10.2. The second-order valence-electron chi connectivity index (χ2n) is 6.55. The number of aromatic nitrogens is 1. The number of benzene rings is 1. The van der Waals surface area contributed by atoms with Crippen molar-refractivity contribution in [1.82, 2.24) is 19.3 Å². The summed E-state index contributed by atoms with van der Waals surface area (Å²) in [6, 6.07) is 9.01. The highest BCUT2D eigenvalue weighted by Gasteiger charge is 2.30. The molecule has 2 N–H and O–H groups in total. The van der Waals surface area contributed by atoms with Gasteiger partial charge in [-0.15, -0.1) is 0 Å². The molecule has 0 saturated heterocycles. The molecule has 1 heterocycles. The Morgan fingerprint density at radius 3 is 2.67 bits per heavy atom. The lowest BCUT2D eigenvalue weighted by Gasteiger charge is -2.19. The van der Waals surface area contributed by atoms with Gasteiger partial charge in [0.15, 0.2) is 0 Å². The van der Waals surface area contributed by atoms with Crippen LogP contribution in [-0.4, -0.2) is 63.0 Å². The van der Waals surface area contributed by atoms with Crippen LogP contribution in [0.15, 0.2) is 53.6 Å². The van der Waals surface area contributed by atoms with Crippen LogP contribution in [0.4, 0.5) is 4.79 Å². The van der Waals surface area contributed by atoms with E-state index in [1.807, 2.05) is 6.07 Å². The van der Waals surface area contributed by atoms with Gasteiger partial charge in [-0.05, 0) is 55.1 Å². The number of hydrogen-bond acceptors (Lipinski definition) is 8. The molecule has 0 saturated carbocycles. The molecule has 0 radical (unpaired) electrons. The Morgan fingerprint density at radius 2 is 2.00 bits per heavy atom. The van der Waals surface area contributed by atoms with Crippen molar-refractivity contribution in [2.45, 2.75) is 11.3 Å². The van der Waals surface area contributed by atoms with Crippen molar-refractivity contribution in [3.8, 4) is 5.75 Å². The van der Waals surface area contributed by atoms with E-state index in [2.05, 4.69) is 28.4 Å². The van der Waals surface area contributed by atoms with Gasteiger partial charge in [-0.1, -0.05) is 12.1 Å². The van der Waals surface area contributed by atoms with E-state index in [9.17, 15) is 18.0 Å². The van der Waals surface area contributed by atoms with E-state index in [1.54, 1.807) is 30.5 Å². The summed E-state index contributed by atoms with van der Waals surface area (Å²) in [5.74, 6) is -0.254. The molecule has 0 fully saturated rings. The number of nitrogens with zero attached hydrogens (tertiary/aromatic N) is 2. The fraction of sp³-hybridized carbons (Fsp3) is 0.286. The second-order valence-corrected chi connectivity index (χ2v) is 8.98. The summed E-state index contributed by atoms with van der Waals surface area (Å²) in [5.41, 5.74) is 1.26. The van der Waals surface area contributed by atoms with Gasteiger partial charge in [0, 0.05) is 33.0 Å². The molecule has 12 heteroatoms. The monoisotopic (exact) mass is 494 g/mol. The molecule has 0 unspecified atom stereocenters. The maximum Gasteiger partial charge on any atom is 0.341 e. The van der Waals surface area contributed by atoms with Gasteiger partial charge in [-0.3, -0.25) is 9.78 Å². The highest BCUT2D eigenvalue weighted by atomic mass is 32.3. The van der Waals surface area contributed by atoms with Gasteiger partial charge in [0.1, 0.15) is 17.3 Å². The molecule has 178 valence electrons. The van der Waals surface area contributed by atoms with Gasteiger partial charge < -0.3 is 20.1 Å². The summed E-state index contributed by atoms with van der Waals surface area (Å²) in [4.78, 5) is 27.7. The van der Waals surface area contributed by atoms with Crippen molar-refractivity contribution in [1.29, 1.82) is 0 Å². The van der Waals surface area contributed by atoms with E-state index in [0.29, 0.717) is 21.4 Å². The number of urea groups is 1. The van der Waals surface area contributed by atoms with Crippen LogP contribution in [0.5, 0.6) is 5.75 Å². The number of rotatable bonds is 11. The third-order valence-electron chi connectivity index (χ3n) is 4.25. The van der Waals surface area contributed by atoms with Crippen molar-refractivity contribution in [3.63, 3.8) is 0 Å². The number of nitrogens with one attached hydrogen (secondary N) is 2. The molecule has 0 aliphatic heterocycles. The molecule has 0 aliphatic carbocycles. The normalized spacial score (nSPS) is 11.2. The number of pyridine rings is 1. The Balaban J connectivity index is 2.12. The largest absolute Gasteiger partial charge is 0.490 e. The van der Waals surface area contributed by atoms with Gasteiger partial charge in [0.2, 0.25) is 5.91 Å². The average Bonchev–Trinajstić information content (AvgIpc) is 2.83. The van der Waals surface area contributed by atoms with Crippen LogP contribution in [-0.2, 0) is 26.0 Å². The van der Waals surface area contributed by atoms with Gasteiger partial charge >= 0.3 is 6.03 Å². The fourth-order valence-corrected chi connectivity index (χ4v) is 4.13. The molecule has 1 aromatic heterocycles. The number of sulfonamides is 1. The minimum absolute atomic E-state index is 0.0566. The maximum atomic E-state index is 12.9. The number of carbonyl (C=O) groups excluding carboxylic acids is 2. The number of thiol groups is 1. The molecule has 0 bridgehead atoms. The van der Waals surface area contributed by atoms with Crippen molar-refractivity contribution < 1.29 is 27.5 Å². The first-order valence-corrected chi connectivity index (χ1v) is 11.7. The van der Waals surface area contributed by atoms with Gasteiger partial charge in [-0.25, -0.2) is 4.79 Å². The van der Waals surface area contributed by atoms with Gasteiger partial charge in [-0.2, -0.15) is 12.1 Å². The van der Waals surface area contributed by atoms with E-state index >= 15 is 0 Å². The van der Waals surface area contributed by atoms with E-state index in [0.717, 1.165) is 0 Å². The summed E-state index contributed by atoms with van der Waals surface area (Å²) in [5, 5.41) is 4.94. The zero-order chi connectivity index (χ0) is 24.3. The van der Waals surface area contributed by atoms with Crippen molar-refractivity contribution >= 4 is 40.9 Å². The quantitative estimate of drug-likeness (QED) is 0.246. The summed E-state index contributed by atoms with van der Waals surface area (Å²) < 4.78 is 36.6. The zero-order valence-electron chi connectivity index (χ0n) is 18.2. The molecule has 2 rings (SSSR count). The summed E-state index contributed by atoms with van der Waals surface area (Å²) in [6.45, 7) is 0.623. The number of ether oxygens (including phenoxy) is 2. The van der Waals surface area contributed by atoms with Crippen LogP contribution in [0, 0.1) is 0 Å². The second kappa shape index (κ2) is 12.8. The smallest absolute Gasteiger partial charge is 0.341 e. The Labute approximate surface area is 198 Å². The fourth-order valence-electron chi connectivity index (χ4n) is 2.59. The highest BCUT2D eigenvalue weighted by molar-refractivity contribution is 8.00. The first-order chi connectivity index (χ1) is 15.8. The lowest BCUT2D eigenvalue weighted by Crippen LogP contribution is -2.36. The van der Waals surface area contributed by atoms with E-state index in [-0.39, 0.29) is 36.3 Å². The molecular formula is C21H26N4O6S2. The van der Waals surface area contributed by atoms with Crippen LogP contribution >= 0.6 is 12.8 Å². The maximum absolute atomic E-state index is 12.9. The lowest BCUT2D eigenvalue weighted by molar-refractivity contribution is -0.116. The van der Waals surface area contributed by atoms with Gasteiger partial charge in [0.05, 0.1) is 12.3 Å². The Bertz CT molecular complexity index is 1080. The molecule has 33 heavy (non-hydrogen) atoms. The zero-order valence-corrected chi connectivity index (χ0v) is 19.9. The SMILES string of the molecule is CNC(=O)N(S)S(=O)(=O)c1cc(CCNC(=O)C=Cc2ccccn2)ccc1OCCOC. The minimum Gasteiger partial charge on any atom is -0.490 e. The minimum atomic E-state index is -4.31. The van der Waals surface area contributed by atoms with Crippen molar-refractivity contribution in [3.05, 3.63) is 59.9 Å². The standard InChI is InChI=1S/C21H26N4O6S2/c1-22-21(27)25(32)33(28,29)19-15-16(6-8-18(19)31-14-13-30-2)10-12-24-20(26)9-7-17-5-3-4-11-23-17/h3-9,11,15,32H,10,12-14H2,1-2H3,(H,22,27)(H,24,26). The molecule has 0 aliphatic rings. The van der Waals surface area contributed by atoms with Crippen molar-refractivity contribution in [2.75, 3.05) is 33.9 Å². The molecule has 10 nitrogen and oxygen atoms in total. The third-order valence-corrected chi connectivity index (χ3v) is 6.58. The summed E-state index contributed by atoms with van der Waals surface area (Å²) in [6.07, 6.45) is 4.93. The third kappa shape index (κ3) is 7.77. The van der Waals surface area contributed by atoms with E-state index in [4.69, 9.17) is 9.47 Å². The Morgan fingerprint density at radius 1 is 1.21 bits per heavy atom. The first kappa shape index (κ1) is 26.2. The molecule has 0 atom stereocenters. The molecule has 0 spiro atoms. The van der Waals surface area contributed by atoms with Crippen LogP contribution in [0.3, 0.4) is 0 Å². The first-order valence-electron chi connectivity index (χ1n) is 9.87. The van der Waals surface area contributed by atoms with Crippen LogP contribution < -0.4 is 15.4 Å². The topological polar surface area (TPSA) is 127 Å².